The number of ether oxygens (including phenoxy) is 1. The minimum absolute atomic E-state index is 0.0166. The Kier molecular flexibility index (Phi) is 56.1. The van der Waals surface area contributed by atoms with Crippen LogP contribution in [0.1, 0.15) is 348 Å². The summed E-state index contributed by atoms with van der Waals surface area (Å²) in [5, 5.41) is 3.04. The smallest absolute Gasteiger partial charge is 0.306 e. The molecular weight excluding hydrogens is 964 g/mol. The molecule has 0 spiro atoms. The summed E-state index contributed by atoms with van der Waals surface area (Å²) in [4.78, 5) is 40.0. The number of hydrogen-bond donors (Lipinski definition) is 1. The van der Waals surface area contributed by atoms with Crippen molar-refractivity contribution in [3.8, 4) is 0 Å². The Morgan fingerprint density at radius 2 is 0.750 bits per heavy atom. The number of quaternary nitrogens is 1. The van der Waals surface area contributed by atoms with Crippen LogP contribution in [-0.4, -0.2) is 69.4 Å². The topological polar surface area (TPSA) is 114 Å². The third-order valence-corrected chi connectivity index (χ3v) is 16.4. The highest BCUT2D eigenvalue weighted by Gasteiger charge is 2.27. The van der Waals surface area contributed by atoms with Crippen molar-refractivity contribution >= 4 is 19.7 Å². The second-order valence-corrected chi connectivity index (χ2v) is 25.8. The van der Waals surface area contributed by atoms with Crippen LogP contribution in [0.2, 0.25) is 0 Å². The normalized spacial score (nSPS) is 13.6. The molecule has 452 valence electrons. The summed E-state index contributed by atoms with van der Waals surface area (Å²) in [5.74, 6) is -0.516. The van der Waals surface area contributed by atoms with E-state index in [1.54, 1.807) is 0 Å². The zero-order valence-electron chi connectivity index (χ0n) is 51.7. The first-order chi connectivity index (χ1) is 36.9. The van der Waals surface area contributed by atoms with E-state index in [1.165, 1.54) is 257 Å². The molecule has 0 saturated heterocycles. The molecule has 1 N–H and O–H groups in total. The maximum atomic E-state index is 13.5. The Bertz CT molecular complexity index is 1310. The molecule has 0 aliphatic rings. The number of rotatable bonds is 62. The molecule has 0 saturated carbocycles. The lowest BCUT2D eigenvalue weighted by atomic mass is 10.0. The highest BCUT2D eigenvalue weighted by atomic mass is 31.2. The van der Waals surface area contributed by atoms with Crippen LogP contribution in [0.15, 0.2) is 12.2 Å². The van der Waals surface area contributed by atoms with Crippen LogP contribution >= 0.6 is 7.82 Å². The number of hydrogen-bond acceptors (Lipinski definition) is 7. The first kappa shape index (κ1) is 74.8. The largest absolute Gasteiger partial charge is 0.756 e. The monoisotopic (exact) mass is 1090 g/mol. The van der Waals surface area contributed by atoms with E-state index < -0.39 is 20.0 Å². The maximum absolute atomic E-state index is 13.5. The minimum atomic E-state index is -4.69. The van der Waals surface area contributed by atoms with E-state index in [0.29, 0.717) is 17.4 Å². The van der Waals surface area contributed by atoms with Gasteiger partial charge in [-0.1, -0.05) is 316 Å². The summed E-state index contributed by atoms with van der Waals surface area (Å²) < 4.78 is 30.4. The van der Waals surface area contributed by atoms with Crippen molar-refractivity contribution < 1.29 is 37.3 Å². The van der Waals surface area contributed by atoms with Gasteiger partial charge in [-0.2, -0.15) is 0 Å². The van der Waals surface area contributed by atoms with Gasteiger partial charge >= 0.3 is 5.97 Å². The van der Waals surface area contributed by atoms with Crippen molar-refractivity contribution in [1.29, 1.82) is 0 Å². The lowest BCUT2D eigenvalue weighted by Gasteiger charge is -2.30. The number of allylic oxidation sites excluding steroid dienone is 1. The summed E-state index contributed by atoms with van der Waals surface area (Å²) in [5.41, 5.74) is 0. The molecule has 10 heteroatoms. The van der Waals surface area contributed by atoms with Gasteiger partial charge in [-0.3, -0.25) is 14.2 Å². The molecule has 0 radical (unpaired) electrons. The molecule has 0 aliphatic carbocycles. The fourth-order valence-electron chi connectivity index (χ4n) is 10.3. The SMILES string of the molecule is CCCCCCCCCCCCC/C=C\C(OC(=O)CCCCCCCCCCCCCCCCCCCCCCCCC)C(COP(=O)([O-])OCC[N+](C)(C)C)NC(=O)CCCCCCCCCCCCCCCC. The molecule has 0 rings (SSSR count). The number of amides is 1. The van der Waals surface area contributed by atoms with Gasteiger partial charge in [0.25, 0.3) is 7.82 Å². The molecule has 0 heterocycles. The average Bonchev–Trinajstić information content (AvgIpc) is 3.38. The number of phosphoric ester groups is 1. The quantitative estimate of drug-likeness (QED) is 0.0212. The van der Waals surface area contributed by atoms with Gasteiger partial charge in [-0.05, 0) is 31.8 Å². The van der Waals surface area contributed by atoms with E-state index in [4.69, 9.17) is 13.8 Å². The lowest BCUT2D eigenvalue weighted by Crippen LogP contribution is -2.47. The van der Waals surface area contributed by atoms with E-state index in [2.05, 4.69) is 26.1 Å². The highest BCUT2D eigenvalue weighted by molar-refractivity contribution is 7.45. The molecule has 3 unspecified atom stereocenters. The van der Waals surface area contributed by atoms with E-state index in [1.807, 2.05) is 33.3 Å². The summed E-state index contributed by atoms with van der Waals surface area (Å²) in [7, 11) is 1.21. The molecule has 0 bridgehead atoms. The zero-order valence-corrected chi connectivity index (χ0v) is 52.6. The molecule has 3 atom stereocenters. The molecule has 9 nitrogen and oxygen atoms in total. The van der Waals surface area contributed by atoms with Crippen LogP contribution in [0.4, 0.5) is 0 Å². The number of likely N-dealkylation sites (N-methyl/N-ethyl adjacent to an activating group) is 1. The number of nitrogens with zero attached hydrogens (tertiary/aromatic N) is 1. The van der Waals surface area contributed by atoms with E-state index in [0.717, 1.165) is 57.8 Å². The van der Waals surface area contributed by atoms with E-state index in [-0.39, 0.29) is 31.5 Å². The highest BCUT2D eigenvalue weighted by Crippen LogP contribution is 2.38. The van der Waals surface area contributed by atoms with Gasteiger partial charge in [0.1, 0.15) is 19.3 Å². The molecule has 76 heavy (non-hydrogen) atoms. The third kappa shape index (κ3) is 57.4. The summed E-state index contributed by atoms with van der Waals surface area (Å²) in [6.45, 7) is 6.91. The van der Waals surface area contributed by atoms with Crippen molar-refractivity contribution in [2.45, 2.75) is 360 Å². The van der Waals surface area contributed by atoms with E-state index in [9.17, 15) is 19.0 Å². The average molecular weight is 1100 g/mol. The Morgan fingerprint density at radius 1 is 0.447 bits per heavy atom. The van der Waals surface area contributed by atoms with Crippen molar-refractivity contribution in [3.05, 3.63) is 12.2 Å². The number of carbonyl (C=O) groups excluding carboxylic acids is 2. The Balaban J connectivity index is 5.09. The molecule has 0 fully saturated rings. The molecule has 0 aromatic carbocycles. The van der Waals surface area contributed by atoms with Crippen molar-refractivity contribution in [2.24, 2.45) is 0 Å². The van der Waals surface area contributed by atoms with Gasteiger partial charge in [-0.15, -0.1) is 0 Å². The zero-order chi connectivity index (χ0) is 55.7. The standard InChI is InChI=1S/C66H131N2O7P/c1-7-10-13-16-19-22-25-28-30-31-32-33-34-35-36-37-38-41-44-47-50-53-56-59-66(70)75-64(57-54-51-48-45-42-39-27-24-21-18-15-12-9-3)63(62-74-76(71,72)73-61-60-68(4,5)6)67-65(69)58-55-52-49-46-43-40-29-26-23-20-17-14-11-8-2/h54,57,63-64H,7-53,55-56,58-62H2,1-6H3,(H-,67,69,71,72)/b57-54-. The van der Waals surface area contributed by atoms with Gasteiger partial charge in [0, 0.05) is 12.8 Å². The molecule has 0 aliphatic heterocycles. The van der Waals surface area contributed by atoms with Crippen molar-refractivity contribution in [2.75, 3.05) is 40.9 Å². The van der Waals surface area contributed by atoms with Crippen LogP contribution in [0.25, 0.3) is 0 Å². The van der Waals surface area contributed by atoms with Gasteiger partial charge < -0.3 is 28.5 Å². The fourth-order valence-corrected chi connectivity index (χ4v) is 11.0. The number of unbranched alkanes of at least 4 members (excludes halogenated alkanes) is 46. The molecular formula is C66H131N2O7P. The van der Waals surface area contributed by atoms with Gasteiger partial charge in [0.15, 0.2) is 0 Å². The predicted octanol–water partition coefficient (Wildman–Crippen LogP) is 20.1. The fraction of sp³-hybridized carbons (Fsp3) is 0.939. The second-order valence-electron chi connectivity index (χ2n) is 24.3. The van der Waals surface area contributed by atoms with Crippen LogP contribution in [0, 0.1) is 0 Å². The number of phosphoric acid groups is 1. The Morgan fingerprint density at radius 3 is 1.08 bits per heavy atom. The second kappa shape index (κ2) is 57.0. The number of esters is 1. The van der Waals surface area contributed by atoms with Crippen molar-refractivity contribution in [1.82, 2.24) is 5.32 Å². The molecule has 0 aromatic rings. The van der Waals surface area contributed by atoms with Gasteiger partial charge in [0.2, 0.25) is 5.91 Å². The Hall–Kier alpha value is -1.25. The predicted molar refractivity (Wildman–Crippen MR) is 326 cm³/mol. The van der Waals surface area contributed by atoms with Gasteiger partial charge in [0.05, 0.1) is 33.8 Å². The summed E-state index contributed by atoms with van der Waals surface area (Å²) >= 11 is 0. The lowest BCUT2D eigenvalue weighted by molar-refractivity contribution is -0.870. The third-order valence-electron chi connectivity index (χ3n) is 15.5. The Labute approximate surface area is 473 Å². The van der Waals surface area contributed by atoms with Crippen LogP contribution in [0.3, 0.4) is 0 Å². The van der Waals surface area contributed by atoms with Crippen LogP contribution in [-0.2, 0) is 27.9 Å². The first-order valence-electron chi connectivity index (χ1n) is 33.5. The van der Waals surface area contributed by atoms with E-state index >= 15 is 0 Å². The molecule has 0 aromatic heterocycles. The van der Waals surface area contributed by atoms with Gasteiger partial charge in [-0.25, -0.2) is 0 Å². The van der Waals surface area contributed by atoms with Crippen LogP contribution < -0.4 is 10.2 Å². The van der Waals surface area contributed by atoms with Crippen LogP contribution in [0.5, 0.6) is 0 Å². The first-order valence-corrected chi connectivity index (χ1v) is 35.0. The molecule has 1 amide bonds. The van der Waals surface area contributed by atoms with Crippen molar-refractivity contribution in [3.63, 3.8) is 0 Å². The minimum Gasteiger partial charge on any atom is -0.756 e. The summed E-state index contributed by atoms with van der Waals surface area (Å²) in [6.07, 6.45) is 66.1. The summed E-state index contributed by atoms with van der Waals surface area (Å²) in [6, 6.07) is -0.879. The maximum Gasteiger partial charge on any atom is 0.306 e. The number of nitrogens with one attached hydrogen (secondary N) is 1. The number of carbonyl (C=O) groups is 2.